The van der Waals surface area contributed by atoms with Crippen LogP contribution < -0.4 is 4.72 Å². The van der Waals surface area contributed by atoms with Crippen LogP contribution in [0.15, 0.2) is 11.8 Å². The van der Waals surface area contributed by atoms with E-state index in [0.717, 1.165) is 0 Å². The van der Waals surface area contributed by atoms with Gasteiger partial charge in [0, 0.05) is 6.20 Å². The highest BCUT2D eigenvalue weighted by molar-refractivity contribution is 7.99. The Balaban J connectivity index is 2.45. The highest BCUT2D eigenvalue weighted by Crippen LogP contribution is 2.14. The molecule has 0 saturated carbocycles. The molecule has 1 heterocycles. The highest BCUT2D eigenvalue weighted by atomic mass is 32.2. The molecule has 0 unspecified atom stereocenters. The first-order valence-corrected chi connectivity index (χ1v) is 2.55. The zero-order chi connectivity index (χ0) is 4.41. The van der Waals surface area contributed by atoms with Crippen molar-refractivity contribution in [1.82, 2.24) is 4.72 Å². The molecule has 1 N–H and O–H groups in total. The summed E-state index contributed by atoms with van der Waals surface area (Å²) in [5.41, 5.74) is 1.18. The summed E-state index contributed by atoms with van der Waals surface area (Å²) >= 11 is 1.49. The Bertz CT molecular complexity index is 77.6. The van der Waals surface area contributed by atoms with E-state index >= 15 is 0 Å². The monoisotopic (exact) mass is 99.0 g/mol. The Morgan fingerprint density at radius 2 is 2.83 bits per heavy atom. The number of nitrogens with one attached hydrogen (secondary N) is 1. The molecule has 0 atom stereocenters. The van der Waals surface area contributed by atoms with E-state index in [4.69, 9.17) is 0 Å². The third-order valence-corrected chi connectivity index (χ3v) is 1.21. The number of hydrogen-bond acceptors (Lipinski definition) is 2. The molecule has 0 amide bonds. The summed E-state index contributed by atoms with van der Waals surface area (Å²) in [7, 11) is 0. The lowest BCUT2D eigenvalue weighted by Gasteiger charge is -1.76. The molecule has 1 aliphatic heterocycles. The number of rotatable bonds is 0. The largest absolute Gasteiger partial charge is 0.336 e. The highest BCUT2D eigenvalue weighted by Gasteiger charge is 1.96. The molecule has 32 valence electrons. The van der Waals surface area contributed by atoms with Crippen molar-refractivity contribution in [3.63, 3.8) is 0 Å². The van der Waals surface area contributed by atoms with E-state index in [1.54, 1.807) is 0 Å². The predicted molar refractivity (Wildman–Crippen MR) is 27.7 cm³/mol. The molecule has 6 heavy (non-hydrogen) atoms. The predicted octanol–water partition coefficient (Wildman–Crippen LogP) is 1.18. The Kier molecular flexibility index (Phi) is 1.05. The van der Waals surface area contributed by atoms with Gasteiger partial charge in [-0.15, -0.1) is 0 Å². The number of hydrogen-bond donors (Lipinski definition) is 1. The molecule has 1 nitrogen and oxygen atoms in total. The van der Waals surface area contributed by atoms with Crippen molar-refractivity contribution in [2.75, 3.05) is 0 Å². The maximum absolute atomic E-state index is 2.99. The van der Waals surface area contributed by atoms with Gasteiger partial charge in [-0.25, -0.2) is 0 Å². The summed E-state index contributed by atoms with van der Waals surface area (Å²) < 4.78 is 2.92. The molecule has 2 heteroatoms. The Morgan fingerprint density at radius 3 is 3.00 bits per heavy atom. The lowest BCUT2D eigenvalue weighted by Crippen LogP contribution is -1.77. The van der Waals surface area contributed by atoms with Crippen molar-refractivity contribution in [3.8, 4) is 0 Å². The summed E-state index contributed by atoms with van der Waals surface area (Å²) in [5, 5.41) is 0. The third kappa shape index (κ3) is 0.684. The van der Waals surface area contributed by atoms with Crippen LogP contribution in [-0.2, 0) is 0 Å². The minimum absolute atomic E-state index is 1.18. The van der Waals surface area contributed by atoms with E-state index in [2.05, 4.69) is 10.5 Å². The third-order valence-electron chi connectivity index (χ3n) is 0.546. The normalized spacial score (nSPS) is 19.8. The van der Waals surface area contributed by atoms with Crippen LogP contribution in [0.5, 0.6) is 0 Å². The summed E-state index contributed by atoms with van der Waals surface area (Å²) in [5.74, 6) is 2.99. The van der Waals surface area contributed by atoms with Crippen molar-refractivity contribution in [2.45, 2.75) is 6.92 Å². The quantitative estimate of drug-likeness (QED) is 0.458. The molecule has 0 fully saturated rings. The van der Waals surface area contributed by atoms with E-state index in [-0.39, 0.29) is 0 Å². The second kappa shape index (κ2) is 1.56. The maximum Gasteiger partial charge on any atom is 0.102 e. The fourth-order valence-corrected chi connectivity index (χ4v) is 0.772. The molecule has 2 radical (unpaired) electrons. The average molecular weight is 99.2 g/mol. The van der Waals surface area contributed by atoms with Gasteiger partial charge in [0.2, 0.25) is 0 Å². The van der Waals surface area contributed by atoms with Gasteiger partial charge in [-0.2, -0.15) is 0 Å². The Morgan fingerprint density at radius 1 is 2.00 bits per heavy atom. The second-order valence-corrected chi connectivity index (χ2v) is 1.79. The van der Waals surface area contributed by atoms with E-state index in [1.807, 2.05) is 13.1 Å². The van der Waals surface area contributed by atoms with Gasteiger partial charge in [0.15, 0.2) is 0 Å². The standard InChI is InChI=1S/C4H5NS/c1-4-2-5-6-3-4/h2,5H,1H3. The second-order valence-electron chi connectivity index (χ2n) is 1.15. The van der Waals surface area contributed by atoms with Crippen LogP contribution in [0.25, 0.3) is 0 Å². The van der Waals surface area contributed by atoms with Crippen LogP contribution in [0.1, 0.15) is 6.92 Å². The topological polar surface area (TPSA) is 12.0 Å². The van der Waals surface area contributed by atoms with Gasteiger partial charge >= 0.3 is 0 Å². The van der Waals surface area contributed by atoms with Gasteiger partial charge in [-0.1, -0.05) is 0 Å². The first-order chi connectivity index (χ1) is 2.89. The SMILES string of the molecule is CC1=CNS[C]1. The minimum atomic E-state index is 1.18. The molecule has 0 spiro atoms. The minimum Gasteiger partial charge on any atom is -0.336 e. The van der Waals surface area contributed by atoms with E-state index < -0.39 is 0 Å². The zero-order valence-corrected chi connectivity index (χ0v) is 4.30. The van der Waals surface area contributed by atoms with Gasteiger partial charge < -0.3 is 4.72 Å². The van der Waals surface area contributed by atoms with Crippen LogP contribution in [0.3, 0.4) is 0 Å². The molecule has 0 aromatic rings. The molecule has 0 aromatic heterocycles. The lowest BCUT2D eigenvalue weighted by molar-refractivity contribution is 1.39. The molecular weight excluding hydrogens is 94.1 g/mol. The van der Waals surface area contributed by atoms with Gasteiger partial charge in [0.1, 0.15) is 5.75 Å². The fraction of sp³-hybridized carbons (Fsp3) is 0.250. The Hall–Kier alpha value is -0.110. The van der Waals surface area contributed by atoms with Crippen LogP contribution in [0.2, 0.25) is 0 Å². The van der Waals surface area contributed by atoms with Crippen molar-refractivity contribution in [3.05, 3.63) is 17.5 Å². The summed E-state index contributed by atoms with van der Waals surface area (Å²) in [6, 6.07) is 0. The molecule has 0 aromatic carbocycles. The van der Waals surface area contributed by atoms with Crippen molar-refractivity contribution in [1.29, 1.82) is 0 Å². The van der Waals surface area contributed by atoms with Crippen LogP contribution in [-0.4, -0.2) is 0 Å². The van der Waals surface area contributed by atoms with Crippen LogP contribution >= 0.6 is 11.9 Å². The van der Waals surface area contributed by atoms with Gasteiger partial charge in [-0.05, 0) is 24.4 Å². The maximum atomic E-state index is 2.99. The fourth-order valence-electron chi connectivity index (χ4n) is 0.257. The summed E-state index contributed by atoms with van der Waals surface area (Å²) in [4.78, 5) is 0. The van der Waals surface area contributed by atoms with Crippen molar-refractivity contribution < 1.29 is 0 Å². The van der Waals surface area contributed by atoms with Gasteiger partial charge in [-0.3, -0.25) is 0 Å². The molecule has 1 rings (SSSR count). The molecule has 0 saturated heterocycles. The molecular formula is C4H5NS. The van der Waals surface area contributed by atoms with Crippen LogP contribution in [0, 0.1) is 5.75 Å². The molecule has 0 bridgehead atoms. The van der Waals surface area contributed by atoms with Gasteiger partial charge in [0.25, 0.3) is 0 Å². The van der Waals surface area contributed by atoms with E-state index in [0.29, 0.717) is 0 Å². The Labute approximate surface area is 41.9 Å². The molecule has 1 aliphatic rings. The lowest BCUT2D eigenvalue weighted by atomic mass is 10.4. The smallest absolute Gasteiger partial charge is 0.102 e. The first-order valence-electron chi connectivity index (χ1n) is 1.74. The molecule has 0 aliphatic carbocycles. The van der Waals surface area contributed by atoms with Crippen molar-refractivity contribution in [2.24, 2.45) is 0 Å². The van der Waals surface area contributed by atoms with E-state index in [9.17, 15) is 0 Å². The first kappa shape index (κ1) is 4.06. The zero-order valence-electron chi connectivity index (χ0n) is 3.49. The van der Waals surface area contributed by atoms with E-state index in [1.165, 1.54) is 17.5 Å². The summed E-state index contributed by atoms with van der Waals surface area (Å²) in [6.45, 7) is 2.01. The van der Waals surface area contributed by atoms with Crippen molar-refractivity contribution >= 4 is 11.9 Å². The summed E-state index contributed by atoms with van der Waals surface area (Å²) in [6.07, 6.45) is 1.92. The van der Waals surface area contributed by atoms with Gasteiger partial charge in [0.05, 0.1) is 0 Å². The average Bonchev–Trinajstić information content (AvgIpc) is 1.86. The van der Waals surface area contributed by atoms with Crippen LogP contribution in [0.4, 0.5) is 0 Å².